The molecule has 1 unspecified atom stereocenters. The molecule has 0 saturated heterocycles. The van der Waals surface area contributed by atoms with Gasteiger partial charge in [-0.25, -0.2) is 0 Å². The lowest BCUT2D eigenvalue weighted by Crippen LogP contribution is -2.13. The van der Waals surface area contributed by atoms with Gasteiger partial charge in [-0.2, -0.15) is 5.10 Å². The van der Waals surface area contributed by atoms with Crippen molar-refractivity contribution < 1.29 is 5.11 Å². The Hall–Kier alpha value is -0.250. The van der Waals surface area contributed by atoms with Crippen LogP contribution in [-0.4, -0.2) is 26.9 Å². The molecule has 0 amide bonds. The Morgan fingerprint density at radius 1 is 1.50 bits per heavy atom. The molecule has 0 bridgehead atoms. The van der Waals surface area contributed by atoms with Gasteiger partial charge in [-0.3, -0.25) is 4.68 Å². The van der Waals surface area contributed by atoms with Crippen LogP contribution in [0.15, 0.2) is 0 Å². The third kappa shape index (κ3) is 3.37. The zero-order chi connectivity index (χ0) is 12.1. The van der Waals surface area contributed by atoms with Gasteiger partial charge in [0.25, 0.3) is 0 Å². The minimum atomic E-state index is -0.392. The molecule has 16 heavy (non-hydrogen) atoms. The van der Waals surface area contributed by atoms with Gasteiger partial charge in [-0.15, -0.1) is 11.6 Å². The van der Waals surface area contributed by atoms with Crippen molar-refractivity contribution in [3.8, 4) is 0 Å². The summed E-state index contributed by atoms with van der Waals surface area (Å²) in [5, 5.41) is 14.8. The predicted octanol–water partition coefficient (Wildman–Crippen LogP) is 2.56. The van der Waals surface area contributed by atoms with Gasteiger partial charge < -0.3 is 5.11 Å². The molecule has 0 fully saturated rings. The summed E-state index contributed by atoms with van der Waals surface area (Å²) in [4.78, 5) is 0. The van der Waals surface area contributed by atoms with E-state index < -0.39 is 6.10 Å². The van der Waals surface area contributed by atoms with Crippen LogP contribution in [0.1, 0.15) is 31.2 Å². The normalized spacial score (nSPS) is 13.1. The molecule has 1 aromatic rings. The van der Waals surface area contributed by atoms with E-state index in [-0.39, 0.29) is 0 Å². The number of rotatable bonds is 6. The Kier molecular flexibility index (Phi) is 5.59. The number of alkyl halides is 1. The highest BCUT2D eigenvalue weighted by molar-refractivity contribution is 6.31. The molecule has 0 spiro atoms. The predicted molar refractivity (Wildman–Crippen MR) is 67.3 cm³/mol. The molecule has 0 aromatic carbocycles. The van der Waals surface area contributed by atoms with Crippen LogP contribution in [0.5, 0.6) is 0 Å². The van der Waals surface area contributed by atoms with E-state index in [9.17, 15) is 5.11 Å². The van der Waals surface area contributed by atoms with E-state index in [4.69, 9.17) is 23.2 Å². The van der Waals surface area contributed by atoms with Crippen LogP contribution in [0.25, 0.3) is 0 Å². The highest BCUT2D eigenvalue weighted by Gasteiger charge is 2.16. The fraction of sp³-hybridized carbons (Fsp3) is 0.727. The maximum atomic E-state index is 9.81. The first kappa shape index (κ1) is 13.8. The van der Waals surface area contributed by atoms with Crippen LogP contribution >= 0.6 is 23.2 Å². The van der Waals surface area contributed by atoms with Gasteiger partial charge in [0.1, 0.15) is 0 Å². The van der Waals surface area contributed by atoms with Gasteiger partial charge in [0.05, 0.1) is 22.5 Å². The van der Waals surface area contributed by atoms with Crippen LogP contribution in [0.4, 0.5) is 0 Å². The van der Waals surface area contributed by atoms with Crippen molar-refractivity contribution in [3.05, 3.63) is 16.4 Å². The van der Waals surface area contributed by atoms with Crippen LogP contribution in [0.2, 0.25) is 5.02 Å². The number of aryl methyl sites for hydroxylation is 2. The van der Waals surface area contributed by atoms with Crippen LogP contribution in [0, 0.1) is 0 Å². The molecule has 0 aliphatic heterocycles. The molecule has 5 heteroatoms. The quantitative estimate of drug-likeness (QED) is 0.803. The smallest absolute Gasteiger partial charge is 0.0850 e. The number of aliphatic hydroxyl groups excluding tert-OH is 1. The molecule has 3 nitrogen and oxygen atoms in total. The number of hydrogen-bond donors (Lipinski definition) is 1. The van der Waals surface area contributed by atoms with E-state index in [1.54, 1.807) is 4.68 Å². The van der Waals surface area contributed by atoms with Crippen molar-refractivity contribution in [3.63, 3.8) is 0 Å². The van der Waals surface area contributed by atoms with E-state index in [2.05, 4.69) is 5.10 Å². The van der Waals surface area contributed by atoms with Crippen molar-refractivity contribution in [2.24, 2.45) is 7.05 Å². The Bertz CT molecular complexity index is 339. The second kappa shape index (κ2) is 6.48. The first-order chi connectivity index (χ1) is 7.60. The van der Waals surface area contributed by atoms with Gasteiger partial charge in [-0.05, 0) is 19.3 Å². The highest BCUT2D eigenvalue weighted by atomic mass is 35.5. The van der Waals surface area contributed by atoms with Crippen molar-refractivity contribution >= 4 is 23.2 Å². The van der Waals surface area contributed by atoms with Gasteiger partial charge in [0, 0.05) is 19.3 Å². The van der Waals surface area contributed by atoms with Crippen molar-refractivity contribution in [2.45, 2.75) is 38.7 Å². The summed E-state index contributed by atoms with van der Waals surface area (Å²) in [5.74, 6) is 0.580. The summed E-state index contributed by atoms with van der Waals surface area (Å²) in [7, 11) is 1.86. The second-order valence-electron chi connectivity index (χ2n) is 3.87. The summed E-state index contributed by atoms with van der Waals surface area (Å²) in [6.07, 6.45) is 2.48. The molecule has 0 aliphatic rings. The topological polar surface area (TPSA) is 38.0 Å². The molecular formula is C11H18Cl2N2O. The van der Waals surface area contributed by atoms with Crippen molar-refractivity contribution in [2.75, 3.05) is 5.88 Å². The lowest BCUT2D eigenvalue weighted by molar-refractivity contribution is 0.162. The number of aromatic nitrogens is 2. The maximum absolute atomic E-state index is 9.81. The SMILES string of the molecule is CCc1nn(C)c(CC(O)CCCCl)c1Cl. The highest BCUT2D eigenvalue weighted by Crippen LogP contribution is 2.22. The average Bonchev–Trinajstić information content (AvgIpc) is 2.53. The molecule has 92 valence electrons. The molecule has 1 atom stereocenters. The fourth-order valence-corrected chi connectivity index (χ4v) is 2.20. The monoisotopic (exact) mass is 264 g/mol. The third-order valence-corrected chi connectivity index (χ3v) is 3.31. The van der Waals surface area contributed by atoms with E-state index in [1.165, 1.54) is 0 Å². The van der Waals surface area contributed by atoms with Crippen molar-refractivity contribution in [1.82, 2.24) is 9.78 Å². The fourth-order valence-electron chi connectivity index (χ4n) is 1.68. The van der Waals surface area contributed by atoms with E-state index >= 15 is 0 Å². The molecule has 0 aliphatic carbocycles. The molecule has 0 saturated carbocycles. The van der Waals surface area contributed by atoms with Crippen LogP contribution in [0.3, 0.4) is 0 Å². The standard InChI is InChI=1S/C11H18Cl2N2O/c1-3-9-11(13)10(15(2)14-9)7-8(16)5-4-6-12/h8,16H,3-7H2,1-2H3. The van der Waals surface area contributed by atoms with Gasteiger partial charge >= 0.3 is 0 Å². The van der Waals surface area contributed by atoms with E-state index in [0.29, 0.717) is 23.7 Å². The summed E-state index contributed by atoms with van der Waals surface area (Å²) in [6.45, 7) is 2.02. The molecule has 1 aromatic heterocycles. The summed E-state index contributed by atoms with van der Waals surface area (Å²) < 4.78 is 1.76. The largest absolute Gasteiger partial charge is 0.393 e. The zero-order valence-corrected chi connectivity index (χ0v) is 11.2. The Morgan fingerprint density at radius 3 is 2.69 bits per heavy atom. The molecule has 1 N–H and O–H groups in total. The summed E-state index contributed by atoms with van der Waals surface area (Å²) in [5.41, 5.74) is 1.80. The molecular weight excluding hydrogens is 247 g/mol. The Labute approximate surface area is 106 Å². The molecule has 1 rings (SSSR count). The Morgan fingerprint density at radius 2 is 2.19 bits per heavy atom. The van der Waals surface area contributed by atoms with Gasteiger partial charge in [0.15, 0.2) is 0 Å². The minimum absolute atomic E-state index is 0.392. The summed E-state index contributed by atoms with van der Waals surface area (Å²) in [6, 6.07) is 0. The van der Waals surface area contributed by atoms with Gasteiger partial charge in [0.2, 0.25) is 0 Å². The van der Waals surface area contributed by atoms with Crippen molar-refractivity contribution in [1.29, 1.82) is 0 Å². The maximum Gasteiger partial charge on any atom is 0.0850 e. The average molecular weight is 265 g/mol. The number of halogens is 2. The van der Waals surface area contributed by atoms with E-state index in [1.807, 2.05) is 14.0 Å². The van der Waals surface area contributed by atoms with Crippen LogP contribution in [-0.2, 0) is 19.9 Å². The lowest BCUT2D eigenvalue weighted by atomic mass is 10.1. The van der Waals surface area contributed by atoms with E-state index in [0.717, 1.165) is 24.2 Å². The minimum Gasteiger partial charge on any atom is -0.393 e. The lowest BCUT2D eigenvalue weighted by Gasteiger charge is -2.10. The Balaban J connectivity index is 2.69. The first-order valence-electron chi connectivity index (χ1n) is 5.54. The number of hydrogen-bond acceptors (Lipinski definition) is 2. The molecule has 1 heterocycles. The first-order valence-corrected chi connectivity index (χ1v) is 6.45. The number of aliphatic hydroxyl groups is 1. The van der Waals surface area contributed by atoms with Gasteiger partial charge in [-0.1, -0.05) is 18.5 Å². The van der Waals surface area contributed by atoms with Crippen LogP contribution < -0.4 is 0 Å². The molecule has 0 radical (unpaired) electrons. The summed E-state index contributed by atoms with van der Waals surface area (Å²) >= 11 is 11.8. The zero-order valence-electron chi connectivity index (χ0n) is 9.71. The third-order valence-electron chi connectivity index (χ3n) is 2.60. The number of nitrogens with zero attached hydrogens (tertiary/aromatic N) is 2. The second-order valence-corrected chi connectivity index (χ2v) is 4.63.